The van der Waals surface area contributed by atoms with Crippen molar-refractivity contribution in [1.29, 1.82) is 0 Å². The predicted octanol–water partition coefficient (Wildman–Crippen LogP) is 4.21. The largest absolute Gasteiger partial charge is 0.416 e. The molecule has 29 heavy (non-hydrogen) atoms. The minimum atomic E-state index is -4.31. The van der Waals surface area contributed by atoms with Gasteiger partial charge in [0.15, 0.2) is 5.96 Å². The minimum absolute atomic E-state index is 0. The molecule has 2 rings (SSSR count). The Hall–Kier alpha value is -1.07. The number of guanidine groups is 1. The van der Waals surface area contributed by atoms with Crippen LogP contribution in [0.2, 0.25) is 0 Å². The van der Waals surface area contributed by atoms with Crippen molar-refractivity contribution in [3.05, 3.63) is 35.4 Å². The van der Waals surface area contributed by atoms with Gasteiger partial charge in [0, 0.05) is 39.5 Å². The number of hydrogen-bond acceptors (Lipinski definition) is 3. The van der Waals surface area contributed by atoms with E-state index in [-0.39, 0.29) is 24.0 Å². The molecule has 9 heteroatoms. The lowest BCUT2D eigenvalue weighted by Gasteiger charge is -2.21. The number of nitrogens with one attached hydrogen (secondary N) is 2. The van der Waals surface area contributed by atoms with E-state index >= 15 is 0 Å². The summed E-state index contributed by atoms with van der Waals surface area (Å²) in [5, 5.41) is 6.36. The number of aliphatic imine (C=N–C) groups is 1. The highest BCUT2D eigenvalue weighted by Gasteiger charge is 2.29. The maximum absolute atomic E-state index is 12.6. The molecule has 0 unspecified atom stereocenters. The lowest BCUT2D eigenvalue weighted by Crippen LogP contribution is -2.38. The molecular weight excluding hydrogens is 498 g/mol. The highest BCUT2D eigenvalue weighted by molar-refractivity contribution is 14.0. The van der Waals surface area contributed by atoms with Gasteiger partial charge in [0.25, 0.3) is 0 Å². The summed E-state index contributed by atoms with van der Waals surface area (Å²) in [6.45, 7) is 6.83. The number of rotatable bonds is 9. The number of benzene rings is 1. The second kappa shape index (κ2) is 14.0. The van der Waals surface area contributed by atoms with Crippen LogP contribution in [0.1, 0.15) is 37.3 Å². The molecule has 0 radical (unpaired) electrons. The van der Waals surface area contributed by atoms with Gasteiger partial charge in [0.2, 0.25) is 0 Å². The summed E-state index contributed by atoms with van der Waals surface area (Å²) in [6, 6.07) is 5.09. The van der Waals surface area contributed by atoms with Gasteiger partial charge < -0.3 is 20.1 Å². The normalized spacial score (nSPS) is 15.7. The van der Waals surface area contributed by atoms with E-state index in [4.69, 9.17) is 9.47 Å². The molecule has 1 saturated heterocycles. The molecule has 1 aromatic carbocycles. The number of hydrogen-bond donors (Lipinski definition) is 2. The average Bonchev–Trinajstić information content (AvgIpc) is 2.69. The molecule has 1 aliphatic rings. The maximum Gasteiger partial charge on any atom is 0.416 e. The smallest absolute Gasteiger partial charge is 0.381 e. The SMILES string of the molecule is CCNC(=NCc1ccc(C(F)(F)F)cc1)NCCCOCC1CCOCC1.I. The average molecular weight is 529 g/mol. The third kappa shape index (κ3) is 10.5. The van der Waals surface area contributed by atoms with Crippen molar-refractivity contribution in [3.63, 3.8) is 0 Å². The summed E-state index contributed by atoms with van der Waals surface area (Å²) in [5.74, 6) is 1.25. The van der Waals surface area contributed by atoms with Crippen LogP contribution in [0.5, 0.6) is 0 Å². The van der Waals surface area contributed by atoms with Crippen LogP contribution in [0.15, 0.2) is 29.3 Å². The molecule has 0 spiro atoms. The Balaban J connectivity index is 0.00000420. The standard InChI is InChI=1S/C20H30F3N3O2.HI/c1-2-24-19(25-10-3-11-28-15-17-8-12-27-13-9-17)26-14-16-4-6-18(7-5-16)20(21,22)23;/h4-7,17H,2-3,8-15H2,1H3,(H2,24,25,26);1H. The van der Waals surface area contributed by atoms with Crippen LogP contribution in [0.3, 0.4) is 0 Å². The van der Waals surface area contributed by atoms with Gasteiger partial charge in [0.1, 0.15) is 0 Å². The number of halogens is 4. The molecular formula is C20H31F3IN3O2. The van der Waals surface area contributed by atoms with Crippen LogP contribution >= 0.6 is 24.0 Å². The summed E-state index contributed by atoms with van der Waals surface area (Å²) in [6.07, 6.45) is -1.32. The Morgan fingerprint density at radius 2 is 1.86 bits per heavy atom. The van der Waals surface area contributed by atoms with Gasteiger partial charge >= 0.3 is 6.18 Å². The Kier molecular flexibility index (Phi) is 12.6. The molecule has 0 aliphatic carbocycles. The summed E-state index contributed by atoms with van der Waals surface area (Å²) < 4.78 is 48.9. The van der Waals surface area contributed by atoms with Gasteiger partial charge in [-0.1, -0.05) is 12.1 Å². The quantitative estimate of drug-likeness (QED) is 0.218. The molecule has 0 amide bonds. The van der Waals surface area contributed by atoms with Crippen LogP contribution in [-0.4, -0.2) is 45.5 Å². The third-order valence-corrected chi connectivity index (χ3v) is 4.50. The van der Waals surface area contributed by atoms with E-state index in [1.54, 1.807) is 0 Å². The Morgan fingerprint density at radius 1 is 1.17 bits per heavy atom. The zero-order valence-corrected chi connectivity index (χ0v) is 19.1. The maximum atomic E-state index is 12.6. The zero-order valence-electron chi connectivity index (χ0n) is 16.8. The van der Waals surface area contributed by atoms with Crippen LogP contribution in [0.25, 0.3) is 0 Å². The fourth-order valence-electron chi connectivity index (χ4n) is 2.86. The second-order valence-corrected chi connectivity index (χ2v) is 6.80. The molecule has 1 heterocycles. The van der Waals surface area contributed by atoms with Crippen molar-refractivity contribution < 1.29 is 22.6 Å². The summed E-state index contributed by atoms with van der Waals surface area (Å²) >= 11 is 0. The van der Waals surface area contributed by atoms with Crippen molar-refractivity contribution in [2.24, 2.45) is 10.9 Å². The third-order valence-electron chi connectivity index (χ3n) is 4.50. The molecule has 2 N–H and O–H groups in total. The first-order chi connectivity index (χ1) is 13.5. The molecule has 0 saturated carbocycles. The number of nitrogens with zero attached hydrogens (tertiary/aromatic N) is 1. The van der Waals surface area contributed by atoms with Crippen molar-refractivity contribution in [1.82, 2.24) is 10.6 Å². The number of alkyl halides is 3. The van der Waals surface area contributed by atoms with Crippen LogP contribution < -0.4 is 10.6 Å². The molecule has 0 aromatic heterocycles. The van der Waals surface area contributed by atoms with Crippen LogP contribution in [-0.2, 0) is 22.2 Å². The molecule has 0 atom stereocenters. The van der Waals surface area contributed by atoms with E-state index in [9.17, 15) is 13.2 Å². The van der Waals surface area contributed by atoms with E-state index in [1.165, 1.54) is 12.1 Å². The van der Waals surface area contributed by atoms with Crippen LogP contribution in [0.4, 0.5) is 13.2 Å². The van der Waals surface area contributed by atoms with Gasteiger partial charge in [-0.05, 0) is 49.8 Å². The highest BCUT2D eigenvalue weighted by atomic mass is 127. The van der Waals surface area contributed by atoms with E-state index < -0.39 is 11.7 Å². The molecule has 5 nitrogen and oxygen atoms in total. The van der Waals surface area contributed by atoms with E-state index in [1.807, 2.05) is 6.92 Å². The van der Waals surface area contributed by atoms with Crippen molar-refractivity contribution in [3.8, 4) is 0 Å². The number of ether oxygens (including phenoxy) is 2. The van der Waals surface area contributed by atoms with Gasteiger partial charge in [-0.15, -0.1) is 24.0 Å². The van der Waals surface area contributed by atoms with Gasteiger partial charge in [-0.3, -0.25) is 0 Å². The fourth-order valence-corrected chi connectivity index (χ4v) is 2.86. The topological polar surface area (TPSA) is 54.9 Å². The van der Waals surface area contributed by atoms with Gasteiger partial charge in [-0.25, -0.2) is 4.99 Å². The molecule has 1 fully saturated rings. The summed E-state index contributed by atoms with van der Waals surface area (Å²) in [5.41, 5.74) is 0.0796. The molecule has 0 bridgehead atoms. The monoisotopic (exact) mass is 529 g/mol. The summed E-state index contributed by atoms with van der Waals surface area (Å²) in [7, 11) is 0. The Morgan fingerprint density at radius 3 is 2.48 bits per heavy atom. The molecule has 1 aromatic rings. The molecule has 166 valence electrons. The van der Waals surface area contributed by atoms with Gasteiger partial charge in [-0.2, -0.15) is 13.2 Å². The van der Waals surface area contributed by atoms with Crippen molar-refractivity contribution in [2.45, 2.75) is 38.9 Å². The Labute approximate surface area is 187 Å². The second-order valence-electron chi connectivity index (χ2n) is 6.80. The predicted molar refractivity (Wildman–Crippen MR) is 119 cm³/mol. The van der Waals surface area contributed by atoms with Crippen molar-refractivity contribution in [2.75, 3.05) is 39.5 Å². The lowest BCUT2D eigenvalue weighted by atomic mass is 10.0. The van der Waals surface area contributed by atoms with Crippen LogP contribution in [0, 0.1) is 5.92 Å². The first-order valence-corrected chi connectivity index (χ1v) is 9.83. The molecule has 1 aliphatic heterocycles. The zero-order chi connectivity index (χ0) is 20.2. The van der Waals surface area contributed by atoms with Crippen molar-refractivity contribution >= 4 is 29.9 Å². The van der Waals surface area contributed by atoms with E-state index in [0.717, 1.165) is 56.8 Å². The lowest BCUT2D eigenvalue weighted by molar-refractivity contribution is -0.137. The highest BCUT2D eigenvalue weighted by Crippen LogP contribution is 2.29. The first-order valence-electron chi connectivity index (χ1n) is 9.83. The summed E-state index contributed by atoms with van der Waals surface area (Å²) in [4.78, 5) is 4.43. The first kappa shape index (κ1) is 26.0. The van der Waals surface area contributed by atoms with E-state index in [2.05, 4.69) is 15.6 Å². The minimum Gasteiger partial charge on any atom is -0.381 e. The van der Waals surface area contributed by atoms with Gasteiger partial charge in [0.05, 0.1) is 12.1 Å². The fraction of sp³-hybridized carbons (Fsp3) is 0.650. The Bertz CT molecular complexity index is 592. The van der Waals surface area contributed by atoms with E-state index in [0.29, 0.717) is 38.1 Å².